The van der Waals surface area contributed by atoms with E-state index < -0.39 is 0 Å². The van der Waals surface area contributed by atoms with Gasteiger partial charge in [-0.15, -0.1) is 0 Å². The van der Waals surface area contributed by atoms with E-state index in [-0.39, 0.29) is 17.5 Å². The van der Waals surface area contributed by atoms with Crippen molar-refractivity contribution in [1.29, 1.82) is 0 Å². The van der Waals surface area contributed by atoms with Crippen LogP contribution in [0.25, 0.3) is 0 Å². The lowest BCUT2D eigenvalue weighted by atomic mass is 10.0. The molecule has 5 heteroatoms. The average molecular weight is 317 g/mol. The van der Waals surface area contributed by atoms with Gasteiger partial charge < -0.3 is 9.47 Å². The summed E-state index contributed by atoms with van der Waals surface area (Å²) in [4.78, 5) is 26.4. The molecule has 1 aliphatic heterocycles. The van der Waals surface area contributed by atoms with Crippen molar-refractivity contribution < 1.29 is 4.79 Å². The highest BCUT2D eigenvalue weighted by atomic mass is 35.5. The van der Waals surface area contributed by atoms with Gasteiger partial charge in [0, 0.05) is 24.7 Å². The number of pyridine rings is 1. The molecule has 1 aromatic heterocycles. The molecule has 22 heavy (non-hydrogen) atoms. The van der Waals surface area contributed by atoms with E-state index in [9.17, 15) is 9.59 Å². The normalized spacial score (nSPS) is 17.7. The van der Waals surface area contributed by atoms with Crippen LogP contribution in [0.4, 0.5) is 0 Å². The van der Waals surface area contributed by atoms with E-state index in [1.165, 1.54) is 10.6 Å². The number of likely N-dealkylation sites (tertiary alicyclic amines) is 1. The van der Waals surface area contributed by atoms with Crippen molar-refractivity contribution in [2.45, 2.75) is 18.9 Å². The first-order valence-electron chi connectivity index (χ1n) is 7.30. The van der Waals surface area contributed by atoms with Gasteiger partial charge in [-0.25, -0.2) is 0 Å². The smallest absolute Gasteiger partial charge is 0.271 e. The lowest BCUT2D eigenvalue weighted by Gasteiger charge is -2.26. The maximum Gasteiger partial charge on any atom is 0.271 e. The van der Waals surface area contributed by atoms with E-state index in [2.05, 4.69) is 0 Å². The molecule has 1 saturated heterocycles. The lowest BCUT2D eigenvalue weighted by molar-refractivity contribution is 0.0724. The van der Waals surface area contributed by atoms with Crippen LogP contribution in [0.15, 0.2) is 47.3 Å². The van der Waals surface area contributed by atoms with Crippen LogP contribution in [0.2, 0.25) is 5.02 Å². The maximum atomic E-state index is 12.8. The van der Waals surface area contributed by atoms with Crippen LogP contribution in [0.3, 0.4) is 0 Å². The predicted octanol–water partition coefficient (Wildman–Crippen LogP) is 3.02. The second kappa shape index (κ2) is 5.97. The molecule has 0 N–H and O–H groups in total. The van der Waals surface area contributed by atoms with Crippen LogP contribution in [-0.2, 0) is 7.05 Å². The van der Waals surface area contributed by atoms with Gasteiger partial charge >= 0.3 is 0 Å². The number of benzene rings is 1. The number of carbonyl (C=O) groups is 1. The number of rotatable bonds is 2. The molecule has 1 fully saturated rings. The number of nitrogens with zero attached hydrogens (tertiary/aromatic N) is 2. The highest BCUT2D eigenvalue weighted by Gasteiger charge is 2.31. The molecule has 0 aliphatic carbocycles. The number of aromatic nitrogens is 1. The Morgan fingerprint density at radius 2 is 1.91 bits per heavy atom. The first-order chi connectivity index (χ1) is 10.6. The highest BCUT2D eigenvalue weighted by molar-refractivity contribution is 6.30. The maximum absolute atomic E-state index is 12.8. The van der Waals surface area contributed by atoms with E-state index >= 15 is 0 Å². The minimum atomic E-state index is -0.173. The van der Waals surface area contributed by atoms with Gasteiger partial charge in [-0.3, -0.25) is 9.59 Å². The van der Waals surface area contributed by atoms with Crippen LogP contribution < -0.4 is 5.56 Å². The van der Waals surface area contributed by atoms with Gasteiger partial charge in [0.15, 0.2) is 0 Å². The number of hydrogen-bond acceptors (Lipinski definition) is 2. The van der Waals surface area contributed by atoms with Crippen LogP contribution in [-0.4, -0.2) is 21.9 Å². The minimum Gasteiger partial charge on any atom is -0.330 e. The Bertz CT molecular complexity index is 752. The van der Waals surface area contributed by atoms with Crippen molar-refractivity contribution in [2.24, 2.45) is 7.05 Å². The monoisotopic (exact) mass is 316 g/mol. The number of halogens is 1. The van der Waals surface area contributed by atoms with Crippen molar-refractivity contribution >= 4 is 17.5 Å². The second-order valence-corrected chi connectivity index (χ2v) is 5.95. The fourth-order valence-electron chi connectivity index (χ4n) is 2.97. The van der Waals surface area contributed by atoms with Crippen molar-refractivity contribution in [2.75, 3.05) is 6.54 Å². The third kappa shape index (κ3) is 2.66. The third-order valence-corrected chi connectivity index (χ3v) is 4.42. The van der Waals surface area contributed by atoms with Gasteiger partial charge in [0.1, 0.15) is 5.69 Å². The molecule has 0 radical (unpaired) electrons. The van der Waals surface area contributed by atoms with Crippen molar-refractivity contribution in [3.63, 3.8) is 0 Å². The molecule has 1 aliphatic rings. The molecule has 2 aromatic rings. The van der Waals surface area contributed by atoms with E-state index in [1.54, 1.807) is 19.2 Å². The summed E-state index contributed by atoms with van der Waals surface area (Å²) in [6, 6.07) is 12.4. The number of hydrogen-bond donors (Lipinski definition) is 0. The first kappa shape index (κ1) is 14.9. The standard InChI is InChI=1S/C17H17ClN2O2/c1-19-15(4-2-6-16(19)21)17(22)20-11-3-5-14(20)12-7-9-13(18)10-8-12/h2,4,6-10,14H,3,5,11H2,1H3/t14-/m0/s1. The number of amides is 1. The topological polar surface area (TPSA) is 42.3 Å². The lowest BCUT2D eigenvalue weighted by Crippen LogP contribution is -2.34. The fraction of sp³-hybridized carbons (Fsp3) is 0.294. The Balaban J connectivity index is 1.93. The minimum absolute atomic E-state index is 0.0417. The Morgan fingerprint density at radius 1 is 1.18 bits per heavy atom. The molecule has 0 bridgehead atoms. The summed E-state index contributed by atoms with van der Waals surface area (Å²) in [7, 11) is 1.63. The summed E-state index contributed by atoms with van der Waals surface area (Å²) in [5.41, 5.74) is 1.33. The largest absolute Gasteiger partial charge is 0.330 e. The Kier molecular flexibility index (Phi) is 4.03. The molecule has 1 amide bonds. The first-order valence-corrected chi connectivity index (χ1v) is 7.68. The zero-order valence-corrected chi connectivity index (χ0v) is 13.1. The average Bonchev–Trinajstić information content (AvgIpc) is 2.99. The molecular formula is C17H17ClN2O2. The van der Waals surface area contributed by atoms with E-state index in [0.717, 1.165) is 18.4 Å². The Labute approximate surface area is 133 Å². The Hall–Kier alpha value is -2.07. The molecule has 114 valence electrons. The van der Waals surface area contributed by atoms with Gasteiger partial charge in [-0.05, 0) is 36.6 Å². The van der Waals surface area contributed by atoms with Crippen LogP contribution in [0.1, 0.15) is 34.9 Å². The zero-order valence-electron chi connectivity index (χ0n) is 12.3. The molecule has 4 nitrogen and oxygen atoms in total. The molecule has 0 spiro atoms. The van der Waals surface area contributed by atoms with E-state index in [0.29, 0.717) is 17.3 Å². The molecule has 1 aromatic carbocycles. The quantitative estimate of drug-likeness (QED) is 0.854. The van der Waals surface area contributed by atoms with Gasteiger partial charge in [0.25, 0.3) is 11.5 Å². The van der Waals surface area contributed by atoms with Gasteiger partial charge in [-0.1, -0.05) is 29.8 Å². The molecule has 1 atom stereocenters. The van der Waals surface area contributed by atoms with E-state index in [1.807, 2.05) is 29.2 Å². The second-order valence-electron chi connectivity index (χ2n) is 5.52. The van der Waals surface area contributed by atoms with Gasteiger partial charge in [-0.2, -0.15) is 0 Å². The summed E-state index contributed by atoms with van der Waals surface area (Å²) in [5.74, 6) is -0.0994. The summed E-state index contributed by atoms with van der Waals surface area (Å²) < 4.78 is 1.40. The molecular weight excluding hydrogens is 300 g/mol. The van der Waals surface area contributed by atoms with Gasteiger partial charge in [0.05, 0.1) is 6.04 Å². The van der Waals surface area contributed by atoms with Crippen molar-refractivity contribution in [3.8, 4) is 0 Å². The van der Waals surface area contributed by atoms with Crippen molar-refractivity contribution in [1.82, 2.24) is 9.47 Å². The Morgan fingerprint density at radius 3 is 2.64 bits per heavy atom. The van der Waals surface area contributed by atoms with Gasteiger partial charge in [0.2, 0.25) is 0 Å². The molecule has 2 heterocycles. The molecule has 3 rings (SSSR count). The third-order valence-electron chi connectivity index (χ3n) is 4.17. The molecule has 0 saturated carbocycles. The summed E-state index contributed by atoms with van der Waals surface area (Å²) in [6.07, 6.45) is 1.88. The van der Waals surface area contributed by atoms with Crippen LogP contribution in [0.5, 0.6) is 0 Å². The van der Waals surface area contributed by atoms with Crippen LogP contribution >= 0.6 is 11.6 Å². The predicted molar refractivity (Wildman–Crippen MR) is 86.1 cm³/mol. The zero-order chi connectivity index (χ0) is 15.7. The van der Waals surface area contributed by atoms with Crippen molar-refractivity contribution in [3.05, 3.63) is 69.1 Å². The van der Waals surface area contributed by atoms with Crippen LogP contribution in [0, 0.1) is 0 Å². The fourth-order valence-corrected chi connectivity index (χ4v) is 3.09. The highest BCUT2D eigenvalue weighted by Crippen LogP contribution is 2.33. The molecule has 0 unspecified atom stereocenters. The van der Waals surface area contributed by atoms with E-state index in [4.69, 9.17) is 11.6 Å². The summed E-state index contributed by atoms with van der Waals surface area (Å²) >= 11 is 5.93. The summed E-state index contributed by atoms with van der Waals surface area (Å²) in [5, 5.41) is 0.685. The SMILES string of the molecule is Cn1c(C(=O)N2CCC[C@H]2c2ccc(Cl)cc2)cccc1=O. The number of carbonyl (C=O) groups excluding carboxylic acids is 1. The summed E-state index contributed by atoms with van der Waals surface area (Å²) in [6.45, 7) is 0.704.